The van der Waals surface area contributed by atoms with Crippen LogP contribution >= 0.6 is 0 Å². The van der Waals surface area contributed by atoms with Crippen LogP contribution in [-0.2, 0) is 7.05 Å². The van der Waals surface area contributed by atoms with Gasteiger partial charge in [-0.3, -0.25) is 9.97 Å². The van der Waals surface area contributed by atoms with Gasteiger partial charge in [0.05, 0.1) is 16.6 Å². The molecule has 150 valence electrons. The number of benzene rings is 3. The summed E-state index contributed by atoms with van der Waals surface area (Å²) in [5.41, 5.74) is 7.78. The summed E-state index contributed by atoms with van der Waals surface area (Å²) in [6.45, 7) is 9.01. The molecule has 0 amide bonds. The van der Waals surface area contributed by atoms with Crippen molar-refractivity contribution in [2.45, 2.75) is 39.5 Å². The average Bonchev–Trinajstić information content (AvgIpc) is 3.10. The molecule has 0 radical (unpaired) electrons. The largest absolute Gasteiger partial charge is 0.325 e. The highest BCUT2D eigenvalue weighted by Gasteiger charge is 2.23. The van der Waals surface area contributed by atoms with E-state index in [9.17, 15) is 0 Å². The Kier molecular flexibility index (Phi) is 4.31. The van der Waals surface area contributed by atoms with Gasteiger partial charge in [0.2, 0.25) is 0 Å². The SMILES string of the molecule is CC(C)c1cccc(C(C)C)c1-c1nc2c3ccccc3c3nccnc3c2n1C. The Bertz CT molecular complexity index is 1380. The van der Waals surface area contributed by atoms with E-state index in [-0.39, 0.29) is 0 Å². The lowest BCUT2D eigenvalue weighted by atomic mass is 9.88. The monoisotopic (exact) mass is 394 g/mol. The molecule has 0 aliphatic rings. The molecule has 0 saturated carbocycles. The third-order valence-electron chi connectivity index (χ3n) is 6.05. The van der Waals surface area contributed by atoms with E-state index in [4.69, 9.17) is 9.97 Å². The highest BCUT2D eigenvalue weighted by molar-refractivity contribution is 6.21. The van der Waals surface area contributed by atoms with Crippen LogP contribution < -0.4 is 0 Å². The van der Waals surface area contributed by atoms with Crippen molar-refractivity contribution in [3.8, 4) is 11.4 Å². The molecule has 5 rings (SSSR count). The third kappa shape index (κ3) is 2.63. The summed E-state index contributed by atoms with van der Waals surface area (Å²) in [4.78, 5) is 14.6. The number of aryl methyl sites for hydroxylation is 1. The number of aromatic nitrogens is 4. The smallest absolute Gasteiger partial charge is 0.141 e. The molecule has 0 aliphatic carbocycles. The molecule has 0 atom stereocenters. The predicted octanol–water partition coefficient (Wildman–Crippen LogP) is 6.58. The fourth-order valence-electron chi connectivity index (χ4n) is 4.59. The quantitative estimate of drug-likeness (QED) is 0.324. The molecular formula is C26H26N4. The predicted molar refractivity (Wildman–Crippen MR) is 125 cm³/mol. The number of fused-ring (bicyclic) bond motifs is 6. The zero-order valence-electron chi connectivity index (χ0n) is 18.1. The van der Waals surface area contributed by atoms with Crippen molar-refractivity contribution in [1.82, 2.24) is 19.5 Å². The maximum atomic E-state index is 5.24. The van der Waals surface area contributed by atoms with E-state index in [0.29, 0.717) is 11.8 Å². The van der Waals surface area contributed by atoms with E-state index in [1.807, 2.05) is 0 Å². The highest BCUT2D eigenvalue weighted by atomic mass is 15.1. The van der Waals surface area contributed by atoms with Gasteiger partial charge in [0.15, 0.2) is 0 Å². The van der Waals surface area contributed by atoms with E-state index in [0.717, 1.165) is 38.7 Å². The van der Waals surface area contributed by atoms with Crippen molar-refractivity contribution in [2.75, 3.05) is 0 Å². The molecule has 2 heterocycles. The molecular weight excluding hydrogens is 368 g/mol. The maximum absolute atomic E-state index is 5.24. The van der Waals surface area contributed by atoms with Crippen LogP contribution in [0.15, 0.2) is 54.9 Å². The van der Waals surface area contributed by atoms with Gasteiger partial charge in [0.25, 0.3) is 0 Å². The molecule has 4 heteroatoms. The lowest BCUT2D eigenvalue weighted by molar-refractivity contribution is 0.828. The molecule has 0 unspecified atom stereocenters. The number of rotatable bonds is 3. The minimum Gasteiger partial charge on any atom is -0.325 e. The van der Waals surface area contributed by atoms with E-state index < -0.39 is 0 Å². The summed E-state index contributed by atoms with van der Waals surface area (Å²) in [5.74, 6) is 1.82. The molecule has 5 aromatic rings. The molecule has 3 aromatic carbocycles. The van der Waals surface area contributed by atoms with Crippen LogP contribution in [0.4, 0.5) is 0 Å². The Hall–Kier alpha value is -3.27. The summed E-state index contributed by atoms with van der Waals surface area (Å²) in [5, 5.41) is 2.22. The van der Waals surface area contributed by atoms with Crippen LogP contribution in [0, 0.1) is 0 Å². The van der Waals surface area contributed by atoms with Crippen molar-refractivity contribution >= 4 is 32.8 Å². The van der Waals surface area contributed by atoms with Crippen LogP contribution in [0.3, 0.4) is 0 Å². The minimum absolute atomic E-state index is 0.409. The summed E-state index contributed by atoms with van der Waals surface area (Å²) in [6, 6.07) is 15.0. The first-order chi connectivity index (χ1) is 14.5. The summed E-state index contributed by atoms with van der Waals surface area (Å²) < 4.78 is 2.21. The summed E-state index contributed by atoms with van der Waals surface area (Å²) in [6.07, 6.45) is 3.54. The first kappa shape index (κ1) is 18.7. The molecule has 4 nitrogen and oxygen atoms in total. The van der Waals surface area contributed by atoms with E-state index in [2.05, 4.69) is 86.8 Å². The van der Waals surface area contributed by atoms with E-state index >= 15 is 0 Å². The minimum atomic E-state index is 0.409. The number of hydrogen-bond donors (Lipinski definition) is 0. The molecule has 30 heavy (non-hydrogen) atoms. The Morgan fingerprint density at radius 3 is 1.87 bits per heavy atom. The topological polar surface area (TPSA) is 43.6 Å². The summed E-state index contributed by atoms with van der Waals surface area (Å²) >= 11 is 0. The van der Waals surface area contributed by atoms with Gasteiger partial charge in [-0.2, -0.15) is 0 Å². The molecule has 2 aromatic heterocycles. The lowest BCUT2D eigenvalue weighted by Crippen LogP contribution is -2.04. The second kappa shape index (κ2) is 6.91. The van der Waals surface area contributed by atoms with E-state index in [1.165, 1.54) is 16.7 Å². The average molecular weight is 395 g/mol. The Balaban J connectivity index is 1.99. The van der Waals surface area contributed by atoms with Crippen LogP contribution in [-0.4, -0.2) is 19.5 Å². The van der Waals surface area contributed by atoms with Crippen molar-refractivity contribution in [3.63, 3.8) is 0 Å². The van der Waals surface area contributed by atoms with E-state index in [1.54, 1.807) is 12.4 Å². The molecule has 0 spiro atoms. The molecule has 0 saturated heterocycles. The van der Waals surface area contributed by atoms with Crippen LogP contribution in [0.5, 0.6) is 0 Å². The van der Waals surface area contributed by atoms with Gasteiger partial charge in [0.1, 0.15) is 11.3 Å². The zero-order chi connectivity index (χ0) is 21.0. The van der Waals surface area contributed by atoms with Crippen molar-refractivity contribution in [2.24, 2.45) is 7.05 Å². The maximum Gasteiger partial charge on any atom is 0.141 e. The molecule has 0 aliphatic heterocycles. The molecule has 0 fully saturated rings. The van der Waals surface area contributed by atoms with Crippen LogP contribution in [0.2, 0.25) is 0 Å². The lowest BCUT2D eigenvalue weighted by Gasteiger charge is -2.19. The Morgan fingerprint density at radius 2 is 1.27 bits per heavy atom. The van der Waals surface area contributed by atoms with Gasteiger partial charge >= 0.3 is 0 Å². The Labute approximate surface area is 176 Å². The second-order valence-corrected chi connectivity index (χ2v) is 8.61. The second-order valence-electron chi connectivity index (χ2n) is 8.61. The highest BCUT2D eigenvalue weighted by Crippen LogP contribution is 2.39. The summed E-state index contributed by atoms with van der Waals surface area (Å²) in [7, 11) is 2.11. The van der Waals surface area contributed by atoms with Crippen LogP contribution in [0.25, 0.3) is 44.2 Å². The zero-order valence-corrected chi connectivity index (χ0v) is 18.1. The van der Waals surface area contributed by atoms with Gasteiger partial charge in [-0.05, 0) is 23.0 Å². The van der Waals surface area contributed by atoms with Gasteiger partial charge in [-0.15, -0.1) is 0 Å². The van der Waals surface area contributed by atoms with Crippen molar-refractivity contribution in [3.05, 3.63) is 66.0 Å². The standard InChI is InChI=1S/C26H26N4/c1-15(2)17-11-8-12-18(16(3)4)21(17)26-29-23-20-10-7-6-9-19(20)22-24(25(23)30(26)5)28-14-13-27-22/h6-16H,1-5H3. The first-order valence-corrected chi connectivity index (χ1v) is 10.6. The van der Waals surface area contributed by atoms with Crippen molar-refractivity contribution in [1.29, 1.82) is 0 Å². The fourth-order valence-corrected chi connectivity index (χ4v) is 4.59. The van der Waals surface area contributed by atoms with Crippen LogP contribution in [0.1, 0.15) is 50.7 Å². The third-order valence-corrected chi connectivity index (χ3v) is 6.05. The number of nitrogens with zero attached hydrogens (tertiary/aromatic N) is 4. The number of imidazole rings is 1. The Morgan fingerprint density at radius 1 is 0.700 bits per heavy atom. The van der Waals surface area contributed by atoms with Crippen molar-refractivity contribution < 1.29 is 0 Å². The van der Waals surface area contributed by atoms with Gasteiger partial charge in [0, 0.05) is 35.8 Å². The van der Waals surface area contributed by atoms with Gasteiger partial charge < -0.3 is 4.57 Å². The molecule has 0 bridgehead atoms. The normalized spacial score (nSPS) is 12.1. The van der Waals surface area contributed by atoms with Gasteiger partial charge in [-0.25, -0.2) is 4.98 Å². The number of hydrogen-bond acceptors (Lipinski definition) is 3. The first-order valence-electron chi connectivity index (χ1n) is 10.6. The molecule has 0 N–H and O–H groups in total. The fraction of sp³-hybridized carbons (Fsp3) is 0.269. The van der Waals surface area contributed by atoms with Gasteiger partial charge in [-0.1, -0.05) is 70.2 Å².